The number of aliphatic hydroxyl groups is 1. The van der Waals surface area contributed by atoms with Crippen LogP contribution in [0.4, 0.5) is 8.78 Å². The lowest BCUT2D eigenvalue weighted by molar-refractivity contribution is -0.0619. The quantitative estimate of drug-likeness (QED) is 0.908. The van der Waals surface area contributed by atoms with Crippen LogP contribution in [-0.4, -0.2) is 24.2 Å². The molecule has 1 fully saturated rings. The van der Waals surface area contributed by atoms with E-state index in [0.29, 0.717) is 19.3 Å². The smallest absolute Gasteiger partial charge is 0.248 e. The summed E-state index contributed by atoms with van der Waals surface area (Å²) in [6, 6.07) is 7.49. The molecule has 2 nitrogen and oxygen atoms in total. The maximum Gasteiger partial charge on any atom is 0.248 e. The largest absolute Gasteiger partial charge is 0.497 e. The minimum absolute atomic E-state index is 0.0123. The van der Waals surface area contributed by atoms with Crippen LogP contribution >= 0.6 is 0 Å². The van der Waals surface area contributed by atoms with E-state index in [4.69, 9.17) is 4.74 Å². The van der Waals surface area contributed by atoms with Crippen molar-refractivity contribution in [1.82, 2.24) is 0 Å². The van der Waals surface area contributed by atoms with E-state index in [1.54, 1.807) is 7.11 Å². The van der Waals surface area contributed by atoms with Gasteiger partial charge in [0.1, 0.15) is 5.75 Å². The van der Waals surface area contributed by atoms with Gasteiger partial charge < -0.3 is 9.84 Å². The van der Waals surface area contributed by atoms with Gasteiger partial charge in [-0.1, -0.05) is 12.1 Å². The lowest BCUT2D eigenvalue weighted by Gasteiger charge is -2.31. The van der Waals surface area contributed by atoms with Crippen LogP contribution in [0.2, 0.25) is 0 Å². The minimum atomic E-state index is -2.53. The Kier molecular flexibility index (Phi) is 4.40. The zero-order valence-corrected chi connectivity index (χ0v) is 11.1. The number of benzene rings is 1. The summed E-state index contributed by atoms with van der Waals surface area (Å²) in [6.07, 6.45) is 0.591. The number of ether oxygens (including phenoxy) is 1. The van der Waals surface area contributed by atoms with Gasteiger partial charge in [-0.05, 0) is 42.9 Å². The van der Waals surface area contributed by atoms with E-state index in [0.717, 1.165) is 11.3 Å². The van der Waals surface area contributed by atoms with E-state index < -0.39 is 12.0 Å². The van der Waals surface area contributed by atoms with Crippen molar-refractivity contribution in [3.63, 3.8) is 0 Å². The highest BCUT2D eigenvalue weighted by molar-refractivity contribution is 5.27. The molecule has 1 aliphatic carbocycles. The Balaban J connectivity index is 1.88. The van der Waals surface area contributed by atoms with Crippen molar-refractivity contribution in [3.05, 3.63) is 29.8 Å². The fraction of sp³-hybridized carbons (Fsp3) is 0.600. The van der Waals surface area contributed by atoms with Crippen LogP contribution in [0.5, 0.6) is 5.75 Å². The van der Waals surface area contributed by atoms with Gasteiger partial charge in [-0.15, -0.1) is 0 Å². The van der Waals surface area contributed by atoms with Crippen LogP contribution in [-0.2, 0) is 6.42 Å². The number of halogens is 2. The fourth-order valence-electron chi connectivity index (χ4n) is 2.62. The van der Waals surface area contributed by atoms with Gasteiger partial charge >= 0.3 is 0 Å². The molecule has 4 heteroatoms. The Morgan fingerprint density at radius 3 is 2.37 bits per heavy atom. The molecule has 106 valence electrons. The molecule has 1 N–H and O–H groups in total. The first kappa shape index (κ1) is 14.3. The molecule has 0 spiro atoms. The second-order valence-electron chi connectivity index (χ2n) is 5.31. The molecular weight excluding hydrogens is 250 g/mol. The van der Waals surface area contributed by atoms with Crippen LogP contribution in [0.25, 0.3) is 0 Å². The second kappa shape index (κ2) is 5.87. The van der Waals surface area contributed by atoms with Gasteiger partial charge in [0.05, 0.1) is 13.2 Å². The van der Waals surface area contributed by atoms with E-state index in [9.17, 15) is 13.9 Å². The lowest BCUT2D eigenvalue weighted by Crippen LogP contribution is -2.32. The van der Waals surface area contributed by atoms with Gasteiger partial charge in [-0.25, -0.2) is 8.78 Å². The number of hydrogen-bond donors (Lipinski definition) is 1. The van der Waals surface area contributed by atoms with Crippen LogP contribution in [0.3, 0.4) is 0 Å². The first-order valence-electron chi connectivity index (χ1n) is 6.69. The molecule has 2 rings (SSSR count). The van der Waals surface area contributed by atoms with Gasteiger partial charge in [0.2, 0.25) is 5.92 Å². The molecule has 0 bridgehead atoms. The van der Waals surface area contributed by atoms with Gasteiger partial charge in [0.25, 0.3) is 0 Å². The van der Waals surface area contributed by atoms with Gasteiger partial charge in [0, 0.05) is 12.8 Å². The summed E-state index contributed by atoms with van der Waals surface area (Å²) in [7, 11) is 1.60. The summed E-state index contributed by atoms with van der Waals surface area (Å²) in [4.78, 5) is 0. The minimum Gasteiger partial charge on any atom is -0.497 e. The predicted molar refractivity (Wildman–Crippen MR) is 69.6 cm³/mol. The van der Waals surface area contributed by atoms with Crippen molar-refractivity contribution in [2.45, 2.75) is 44.1 Å². The van der Waals surface area contributed by atoms with Gasteiger partial charge in [0.15, 0.2) is 0 Å². The second-order valence-corrected chi connectivity index (χ2v) is 5.31. The molecule has 0 saturated heterocycles. The average Bonchev–Trinajstić information content (AvgIpc) is 2.39. The molecule has 1 aromatic carbocycles. The third-order valence-corrected chi connectivity index (χ3v) is 3.91. The van der Waals surface area contributed by atoms with E-state index in [1.807, 2.05) is 24.3 Å². The Bertz CT molecular complexity index is 393. The van der Waals surface area contributed by atoms with Crippen LogP contribution in [0.1, 0.15) is 31.2 Å². The molecule has 1 atom stereocenters. The van der Waals surface area contributed by atoms with Crippen molar-refractivity contribution in [2.24, 2.45) is 5.92 Å². The zero-order valence-electron chi connectivity index (χ0n) is 11.1. The Morgan fingerprint density at radius 1 is 1.26 bits per heavy atom. The maximum absolute atomic E-state index is 13.1. The molecule has 1 aliphatic rings. The fourth-order valence-corrected chi connectivity index (χ4v) is 2.62. The Morgan fingerprint density at radius 2 is 1.84 bits per heavy atom. The predicted octanol–water partition coefficient (Wildman–Crippen LogP) is 3.42. The number of hydrogen-bond acceptors (Lipinski definition) is 2. The summed E-state index contributed by atoms with van der Waals surface area (Å²) in [6.45, 7) is 0. The highest BCUT2D eigenvalue weighted by Gasteiger charge is 2.37. The average molecular weight is 270 g/mol. The van der Waals surface area contributed by atoms with Gasteiger partial charge in [-0.2, -0.15) is 0 Å². The molecule has 1 saturated carbocycles. The van der Waals surface area contributed by atoms with Crippen LogP contribution < -0.4 is 4.74 Å². The molecule has 1 unspecified atom stereocenters. The highest BCUT2D eigenvalue weighted by Crippen LogP contribution is 2.38. The van der Waals surface area contributed by atoms with Crippen LogP contribution in [0.15, 0.2) is 24.3 Å². The summed E-state index contributed by atoms with van der Waals surface area (Å²) in [5, 5.41) is 10.1. The van der Waals surface area contributed by atoms with Crippen molar-refractivity contribution in [1.29, 1.82) is 0 Å². The van der Waals surface area contributed by atoms with Crippen molar-refractivity contribution >= 4 is 0 Å². The number of rotatable bonds is 4. The zero-order chi connectivity index (χ0) is 13.9. The molecule has 0 radical (unpaired) electrons. The van der Waals surface area contributed by atoms with E-state index >= 15 is 0 Å². The first-order chi connectivity index (χ1) is 9.00. The third kappa shape index (κ3) is 3.90. The van der Waals surface area contributed by atoms with E-state index in [1.165, 1.54) is 0 Å². The topological polar surface area (TPSA) is 29.5 Å². The standard InChI is InChI=1S/C15H20F2O2/c1-19-13-4-2-11(3-5-13)10-14(18)12-6-8-15(16,17)9-7-12/h2-5,12,14,18H,6-10H2,1H3. The molecule has 1 aromatic rings. The van der Waals surface area contributed by atoms with E-state index in [2.05, 4.69) is 0 Å². The third-order valence-electron chi connectivity index (χ3n) is 3.91. The normalized spacial score (nSPS) is 21.1. The lowest BCUT2D eigenvalue weighted by atomic mass is 9.81. The van der Waals surface area contributed by atoms with Crippen molar-refractivity contribution in [2.75, 3.05) is 7.11 Å². The Hall–Kier alpha value is -1.16. The summed E-state index contributed by atoms with van der Waals surface area (Å²) < 4.78 is 31.2. The van der Waals surface area contributed by atoms with Crippen LogP contribution in [0, 0.1) is 5.92 Å². The number of methoxy groups -OCH3 is 1. The molecule has 0 aliphatic heterocycles. The molecule has 19 heavy (non-hydrogen) atoms. The first-order valence-corrected chi connectivity index (χ1v) is 6.69. The van der Waals surface area contributed by atoms with Crippen molar-refractivity contribution < 1.29 is 18.6 Å². The molecule has 0 aromatic heterocycles. The van der Waals surface area contributed by atoms with Gasteiger partial charge in [-0.3, -0.25) is 0 Å². The highest BCUT2D eigenvalue weighted by atomic mass is 19.3. The molecule has 0 heterocycles. The number of alkyl halides is 2. The summed E-state index contributed by atoms with van der Waals surface area (Å²) in [5.74, 6) is -1.77. The summed E-state index contributed by atoms with van der Waals surface area (Å²) >= 11 is 0. The maximum atomic E-state index is 13.1. The number of aliphatic hydroxyl groups excluding tert-OH is 1. The SMILES string of the molecule is COc1ccc(CC(O)C2CCC(F)(F)CC2)cc1. The van der Waals surface area contributed by atoms with E-state index in [-0.39, 0.29) is 18.8 Å². The van der Waals surface area contributed by atoms with Crippen molar-refractivity contribution in [3.8, 4) is 5.75 Å². The Labute approximate surface area is 112 Å². The molecule has 0 amide bonds. The molecular formula is C15H20F2O2. The summed E-state index contributed by atoms with van der Waals surface area (Å²) in [5.41, 5.74) is 1.01. The monoisotopic (exact) mass is 270 g/mol.